The van der Waals surface area contributed by atoms with Crippen molar-refractivity contribution < 1.29 is 0 Å². The van der Waals surface area contributed by atoms with Gasteiger partial charge >= 0.3 is 0 Å². The first kappa shape index (κ1) is 12.6. The second-order valence-electron chi connectivity index (χ2n) is 4.32. The summed E-state index contributed by atoms with van der Waals surface area (Å²) in [5, 5.41) is 5.10. The molecule has 0 spiro atoms. The first-order valence-corrected chi connectivity index (χ1v) is 7.92. The Kier molecular flexibility index (Phi) is 3.25. The summed E-state index contributed by atoms with van der Waals surface area (Å²) in [5.41, 5.74) is 1.27. The van der Waals surface area contributed by atoms with Crippen LogP contribution in [0.2, 0.25) is 0 Å². The van der Waals surface area contributed by atoms with Crippen molar-refractivity contribution in [2.45, 2.75) is 6.92 Å². The number of halogens is 3. The molecule has 90 valence electrons. The van der Waals surface area contributed by atoms with Crippen molar-refractivity contribution in [2.24, 2.45) is 0 Å². The second kappa shape index (κ2) is 4.62. The third-order valence-corrected chi connectivity index (χ3v) is 5.23. The summed E-state index contributed by atoms with van der Waals surface area (Å²) in [6.07, 6.45) is 0. The maximum atomic E-state index is 3.72. The topological polar surface area (TPSA) is 0 Å². The fourth-order valence-corrected chi connectivity index (χ4v) is 3.58. The molecule has 0 saturated carbocycles. The molecule has 0 heterocycles. The minimum atomic E-state index is 1.10. The van der Waals surface area contributed by atoms with Crippen LogP contribution in [0.25, 0.3) is 21.5 Å². The van der Waals surface area contributed by atoms with Crippen LogP contribution in [0.4, 0.5) is 0 Å². The first-order valence-electron chi connectivity index (χ1n) is 5.54. The standard InChI is InChI=1S/C15H9Br3/c1-8-13-6-9(16)2-4-11(13)12-5-3-10(17)7-14(12)15(8)18/h2-7H,1H3. The molecule has 3 rings (SSSR count). The van der Waals surface area contributed by atoms with E-state index in [9.17, 15) is 0 Å². The van der Waals surface area contributed by atoms with Crippen LogP contribution in [0.5, 0.6) is 0 Å². The van der Waals surface area contributed by atoms with Gasteiger partial charge in [0.25, 0.3) is 0 Å². The molecule has 3 aromatic carbocycles. The third-order valence-electron chi connectivity index (χ3n) is 3.22. The van der Waals surface area contributed by atoms with E-state index < -0.39 is 0 Å². The number of benzene rings is 3. The van der Waals surface area contributed by atoms with Crippen molar-refractivity contribution >= 4 is 69.3 Å². The van der Waals surface area contributed by atoms with Crippen LogP contribution in [0, 0.1) is 6.92 Å². The predicted molar refractivity (Wildman–Crippen MR) is 89.3 cm³/mol. The lowest BCUT2D eigenvalue weighted by atomic mass is 9.98. The lowest BCUT2D eigenvalue weighted by molar-refractivity contribution is 1.51. The molecule has 0 aliphatic rings. The highest BCUT2D eigenvalue weighted by molar-refractivity contribution is 9.11. The predicted octanol–water partition coefficient (Wildman–Crippen LogP) is 6.59. The van der Waals surface area contributed by atoms with Crippen molar-refractivity contribution in [2.75, 3.05) is 0 Å². The molecule has 18 heavy (non-hydrogen) atoms. The molecule has 3 aromatic rings. The molecule has 0 aromatic heterocycles. The number of hydrogen-bond donors (Lipinski definition) is 0. The van der Waals surface area contributed by atoms with E-state index in [1.165, 1.54) is 31.6 Å². The molecular weight excluding hydrogens is 420 g/mol. The highest BCUT2D eigenvalue weighted by atomic mass is 79.9. The van der Waals surface area contributed by atoms with E-state index in [2.05, 4.69) is 91.1 Å². The van der Waals surface area contributed by atoms with Gasteiger partial charge in [-0.3, -0.25) is 0 Å². The summed E-state index contributed by atoms with van der Waals surface area (Å²) >= 11 is 10.8. The molecule has 0 nitrogen and oxygen atoms in total. The fourth-order valence-electron chi connectivity index (χ4n) is 2.31. The lowest BCUT2D eigenvalue weighted by Crippen LogP contribution is -1.86. The second-order valence-corrected chi connectivity index (χ2v) is 6.94. The Hall–Kier alpha value is -0.380. The zero-order valence-electron chi connectivity index (χ0n) is 9.60. The van der Waals surface area contributed by atoms with Crippen molar-refractivity contribution in [3.05, 3.63) is 55.4 Å². The minimum Gasteiger partial charge on any atom is -0.0526 e. The van der Waals surface area contributed by atoms with E-state index in [4.69, 9.17) is 0 Å². The lowest BCUT2D eigenvalue weighted by Gasteiger charge is -2.11. The Labute approximate surface area is 131 Å². The van der Waals surface area contributed by atoms with Gasteiger partial charge in [-0.05, 0) is 74.2 Å². The van der Waals surface area contributed by atoms with E-state index in [0.29, 0.717) is 0 Å². The summed E-state index contributed by atoms with van der Waals surface area (Å²) in [6.45, 7) is 2.15. The number of fused-ring (bicyclic) bond motifs is 3. The highest BCUT2D eigenvalue weighted by Crippen LogP contribution is 2.37. The van der Waals surface area contributed by atoms with Crippen LogP contribution in [-0.2, 0) is 0 Å². The van der Waals surface area contributed by atoms with E-state index in [1.807, 2.05) is 0 Å². The summed E-state index contributed by atoms with van der Waals surface area (Å²) in [7, 11) is 0. The molecular formula is C15H9Br3. The maximum Gasteiger partial charge on any atom is 0.0289 e. The molecule has 0 aliphatic heterocycles. The van der Waals surface area contributed by atoms with Crippen LogP contribution in [-0.4, -0.2) is 0 Å². The van der Waals surface area contributed by atoms with Crippen LogP contribution < -0.4 is 0 Å². The Morgan fingerprint density at radius 3 is 1.78 bits per heavy atom. The zero-order valence-corrected chi connectivity index (χ0v) is 14.4. The van der Waals surface area contributed by atoms with Gasteiger partial charge in [0.2, 0.25) is 0 Å². The molecule has 0 bridgehead atoms. The Balaban J connectivity index is 2.62. The summed E-state index contributed by atoms with van der Waals surface area (Å²) in [6, 6.07) is 12.9. The Bertz CT molecular complexity index is 709. The van der Waals surface area contributed by atoms with Crippen LogP contribution in [0.3, 0.4) is 0 Å². The number of hydrogen-bond acceptors (Lipinski definition) is 0. The summed E-state index contributed by atoms with van der Waals surface area (Å²) in [4.78, 5) is 0. The van der Waals surface area contributed by atoms with E-state index >= 15 is 0 Å². The van der Waals surface area contributed by atoms with Crippen molar-refractivity contribution in [3.63, 3.8) is 0 Å². The fraction of sp³-hybridized carbons (Fsp3) is 0.0667. The van der Waals surface area contributed by atoms with Crippen molar-refractivity contribution in [1.29, 1.82) is 0 Å². The summed E-state index contributed by atoms with van der Waals surface area (Å²) in [5.74, 6) is 0. The summed E-state index contributed by atoms with van der Waals surface area (Å²) < 4.78 is 3.39. The van der Waals surface area contributed by atoms with Gasteiger partial charge in [-0.2, -0.15) is 0 Å². The van der Waals surface area contributed by atoms with Crippen LogP contribution >= 0.6 is 47.8 Å². The van der Waals surface area contributed by atoms with E-state index in [0.717, 1.165) is 8.95 Å². The van der Waals surface area contributed by atoms with Gasteiger partial charge in [0.1, 0.15) is 0 Å². The Morgan fingerprint density at radius 1 is 0.667 bits per heavy atom. The number of aryl methyl sites for hydroxylation is 1. The van der Waals surface area contributed by atoms with Gasteiger partial charge in [0.05, 0.1) is 0 Å². The molecule has 0 saturated heterocycles. The van der Waals surface area contributed by atoms with Gasteiger partial charge in [-0.1, -0.05) is 44.0 Å². The van der Waals surface area contributed by atoms with Gasteiger partial charge in [0.15, 0.2) is 0 Å². The quantitative estimate of drug-likeness (QED) is 0.354. The zero-order chi connectivity index (χ0) is 12.9. The van der Waals surface area contributed by atoms with Gasteiger partial charge in [-0.15, -0.1) is 0 Å². The minimum absolute atomic E-state index is 1.10. The van der Waals surface area contributed by atoms with E-state index in [-0.39, 0.29) is 0 Å². The van der Waals surface area contributed by atoms with Gasteiger partial charge < -0.3 is 0 Å². The molecule has 0 atom stereocenters. The molecule has 0 N–H and O–H groups in total. The molecule has 0 fully saturated rings. The average Bonchev–Trinajstić information content (AvgIpc) is 2.36. The largest absolute Gasteiger partial charge is 0.0526 e. The Morgan fingerprint density at radius 2 is 1.17 bits per heavy atom. The van der Waals surface area contributed by atoms with Gasteiger partial charge in [-0.25, -0.2) is 0 Å². The molecule has 0 aliphatic carbocycles. The molecule has 3 heteroatoms. The maximum absolute atomic E-state index is 3.72. The van der Waals surface area contributed by atoms with E-state index in [1.54, 1.807) is 0 Å². The third kappa shape index (κ3) is 1.93. The SMILES string of the molecule is Cc1c(Br)c2cc(Br)ccc2c2ccc(Br)cc12. The highest BCUT2D eigenvalue weighted by Gasteiger charge is 2.10. The van der Waals surface area contributed by atoms with Crippen molar-refractivity contribution in [3.8, 4) is 0 Å². The smallest absolute Gasteiger partial charge is 0.0289 e. The molecule has 0 amide bonds. The van der Waals surface area contributed by atoms with Crippen molar-refractivity contribution in [1.82, 2.24) is 0 Å². The average molecular weight is 429 g/mol. The molecule has 0 unspecified atom stereocenters. The van der Waals surface area contributed by atoms with Gasteiger partial charge in [0, 0.05) is 13.4 Å². The number of rotatable bonds is 0. The van der Waals surface area contributed by atoms with Crippen LogP contribution in [0.1, 0.15) is 5.56 Å². The monoisotopic (exact) mass is 426 g/mol. The molecule has 0 radical (unpaired) electrons. The normalized spacial score (nSPS) is 11.3. The first-order chi connectivity index (χ1) is 8.58. The van der Waals surface area contributed by atoms with Crippen LogP contribution in [0.15, 0.2) is 49.8 Å².